The molecule has 1 heterocycles. The number of benzene rings is 1. The third kappa shape index (κ3) is 5.83. The van der Waals surface area contributed by atoms with E-state index in [1.54, 1.807) is 7.11 Å². The molecule has 2 rings (SSSR count). The molecule has 0 bridgehead atoms. The zero-order valence-electron chi connectivity index (χ0n) is 11.0. The van der Waals surface area contributed by atoms with Crippen molar-refractivity contribution in [1.29, 1.82) is 0 Å². The van der Waals surface area contributed by atoms with E-state index in [1.807, 2.05) is 18.2 Å². The van der Waals surface area contributed by atoms with Crippen LogP contribution in [0.25, 0.3) is 0 Å². The molecule has 0 fully saturated rings. The minimum absolute atomic E-state index is 0.323. The van der Waals surface area contributed by atoms with Gasteiger partial charge in [0.15, 0.2) is 11.5 Å². The Morgan fingerprint density at radius 1 is 1.17 bits per heavy atom. The summed E-state index contributed by atoms with van der Waals surface area (Å²) >= 11 is 0. The topological polar surface area (TPSA) is 106 Å². The maximum atomic E-state index is 5.45. The summed E-state index contributed by atoms with van der Waals surface area (Å²) in [5, 5.41) is 0. The molecular formula is C12H23N3O3. The van der Waals surface area contributed by atoms with Gasteiger partial charge >= 0.3 is 0 Å². The largest absolute Gasteiger partial charge is 0.454 e. The van der Waals surface area contributed by atoms with Crippen molar-refractivity contribution < 1.29 is 14.2 Å². The number of rotatable bonds is 3. The van der Waals surface area contributed by atoms with Crippen LogP contribution in [0.2, 0.25) is 0 Å². The molecule has 0 atom stereocenters. The summed E-state index contributed by atoms with van der Waals surface area (Å²) < 4.78 is 14.9. The third-order valence-electron chi connectivity index (χ3n) is 1.99. The molecule has 1 aromatic carbocycles. The maximum absolute atomic E-state index is 5.45. The molecule has 6 heteroatoms. The van der Waals surface area contributed by atoms with E-state index in [1.165, 1.54) is 7.05 Å². The Labute approximate surface area is 108 Å². The van der Waals surface area contributed by atoms with Crippen LogP contribution in [-0.2, 0) is 11.3 Å². The van der Waals surface area contributed by atoms with Crippen molar-refractivity contribution in [3.63, 3.8) is 0 Å². The third-order valence-corrected chi connectivity index (χ3v) is 1.99. The van der Waals surface area contributed by atoms with Gasteiger partial charge in [-0.05, 0) is 24.7 Å². The van der Waals surface area contributed by atoms with Gasteiger partial charge in [0.2, 0.25) is 6.79 Å². The Kier molecular flexibility index (Phi) is 9.99. The molecule has 6 nitrogen and oxygen atoms in total. The Balaban J connectivity index is 0.000000354. The van der Waals surface area contributed by atoms with Crippen LogP contribution in [-0.4, -0.2) is 34.1 Å². The number of ether oxygens (including phenoxy) is 3. The van der Waals surface area contributed by atoms with Crippen molar-refractivity contribution in [2.45, 2.75) is 6.54 Å². The van der Waals surface area contributed by atoms with Crippen LogP contribution in [0.4, 0.5) is 0 Å². The molecule has 0 aliphatic carbocycles. The van der Waals surface area contributed by atoms with Crippen molar-refractivity contribution in [2.24, 2.45) is 17.2 Å². The van der Waals surface area contributed by atoms with Crippen molar-refractivity contribution >= 4 is 0 Å². The lowest BCUT2D eigenvalue weighted by Crippen LogP contribution is -2.05. The SMILES string of the molecule is CN.COCCN.NCc1ccc2c(c1)OCO2. The summed E-state index contributed by atoms with van der Waals surface area (Å²) in [4.78, 5) is 0. The molecule has 0 radical (unpaired) electrons. The fourth-order valence-electron chi connectivity index (χ4n) is 1.19. The van der Waals surface area contributed by atoms with E-state index in [2.05, 4.69) is 10.5 Å². The van der Waals surface area contributed by atoms with Crippen LogP contribution < -0.4 is 26.7 Å². The van der Waals surface area contributed by atoms with Crippen LogP contribution >= 0.6 is 0 Å². The number of hydrogen-bond donors (Lipinski definition) is 3. The summed E-state index contributed by atoms with van der Waals surface area (Å²) in [5.74, 6) is 1.61. The molecule has 0 spiro atoms. The lowest BCUT2D eigenvalue weighted by molar-refractivity contribution is 0.174. The fourth-order valence-corrected chi connectivity index (χ4v) is 1.19. The highest BCUT2D eigenvalue weighted by Crippen LogP contribution is 2.32. The van der Waals surface area contributed by atoms with Gasteiger partial charge in [-0.1, -0.05) is 6.07 Å². The van der Waals surface area contributed by atoms with E-state index < -0.39 is 0 Å². The van der Waals surface area contributed by atoms with E-state index in [4.69, 9.17) is 20.9 Å². The summed E-state index contributed by atoms with van der Waals surface area (Å²) in [6.45, 7) is 2.15. The number of methoxy groups -OCH3 is 1. The first-order valence-corrected chi connectivity index (χ1v) is 5.67. The minimum atomic E-state index is 0.323. The summed E-state index contributed by atoms with van der Waals surface area (Å²) in [6.07, 6.45) is 0. The van der Waals surface area contributed by atoms with Crippen LogP contribution in [0, 0.1) is 0 Å². The van der Waals surface area contributed by atoms with Crippen molar-refractivity contribution in [2.75, 3.05) is 34.1 Å². The molecule has 0 aromatic heterocycles. The number of hydrogen-bond acceptors (Lipinski definition) is 6. The van der Waals surface area contributed by atoms with E-state index in [9.17, 15) is 0 Å². The second-order valence-electron chi connectivity index (χ2n) is 3.17. The minimum Gasteiger partial charge on any atom is -0.454 e. The molecule has 1 aliphatic heterocycles. The predicted molar refractivity (Wildman–Crippen MR) is 71.5 cm³/mol. The van der Waals surface area contributed by atoms with Gasteiger partial charge in [0.05, 0.1) is 6.61 Å². The first-order chi connectivity index (χ1) is 8.81. The zero-order valence-corrected chi connectivity index (χ0v) is 11.0. The van der Waals surface area contributed by atoms with Gasteiger partial charge in [0.25, 0.3) is 0 Å². The smallest absolute Gasteiger partial charge is 0.231 e. The predicted octanol–water partition coefficient (Wildman–Crippen LogP) is 0.0404. The Morgan fingerprint density at radius 2 is 1.83 bits per heavy atom. The van der Waals surface area contributed by atoms with Gasteiger partial charge in [0.1, 0.15) is 0 Å². The molecule has 6 N–H and O–H groups in total. The van der Waals surface area contributed by atoms with Crippen LogP contribution in [0.1, 0.15) is 5.56 Å². The van der Waals surface area contributed by atoms with Gasteiger partial charge in [-0.2, -0.15) is 0 Å². The molecule has 0 saturated carbocycles. The van der Waals surface area contributed by atoms with Crippen molar-refractivity contribution in [1.82, 2.24) is 0 Å². The molecule has 1 aromatic rings. The highest BCUT2D eigenvalue weighted by atomic mass is 16.7. The van der Waals surface area contributed by atoms with Gasteiger partial charge in [-0.25, -0.2) is 0 Å². The highest BCUT2D eigenvalue weighted by molar-refractivity contribution is 5.44. The fraction of sp³-hybridized carbons (Fsp3) is 0.500. The normalized spacial score (nSPS) is 10.9. The molecule has 104 valence electrons. The highest BCUT2D eigenvalue weighted by Gasteiger charge is 2.11. The summed E-state index contributed by atoms with van der Waals surface area (Å²) in [5.41, 5.74) is 16.0. The van der Waals surface area contributed by atoms with E-state index in [0.717, 1.165) is 17.1 Å². The Bertz CT molecular complexity index is 319. The van der Waals surface area contributed by atoms with Gasteiger partial charge in [-0.3, -0.25) is 0 Å². The van der Waals surface area contributed by atoms with Crippen molar-refractivity contribution in [3.8, 4) is 11.5 Å². The van der Waals surface area contributed by atoms with Crippen molar-refractivity contribution in [3.05, 3.63) is 23.8 Å². The second-order valence-corrected chi connectivity index (χ2v) is 3.17. The summed E-state index contributed by atoms with van der Waals surface area (Å²) in [6, 6.07) is 5.72. The van der Waals surface area contributed by atoms with Crippen LogP contribution in [0.5, 0.6) is 11.5 Å². The number of nitrogens with two attached hydrogens (primary N) is 3. The van der Waals surface area contributed by atoms with Gasteiger partial charge in [-0.15, -0.1) is 0 Å². The van der Waals surface area contributed by atoms with Gasteiger partial charge < -0.3 is 31.4 Å². The molecule has 0 amide bonds. The van der Waals surface area contributed by atoms with E-state index in [-0.39, 0.29) is 0 Å². The molecule has 1 aliphatic rings. The molecular weight excluding hydrogens is 234 g/mol. The average Bonchev–Trinajstić information content (AvgIpc) is 2.89. The lowest BCUT2D eigenvalue weighted by atomic mass is 10.2. The van der Waals surface area contributed by atoms with E-state index in [0.29, 0.717) is 26.5 Å². The second kappa shape index (κ2) is 10.8. The summed E-state index contributed by atoms with van der Waals surface area (Å²) in [7, 11) is 3.13. The Morgan fingerprint density at radius 3 is 2.33 bits per heavy atom. The molecule has 0 saturated heterocycles. The van der Waals surface area contributed by atoms with Gasteiger partial charge in [0, 0.05) is 20.2 Å². The average molecular weight is 257 g/mol. The maximum Gasteiger partial charge on any atom is 0.231 e. The lowest BCUT2D eigenvalue weighted by Gasteiger charge is -1.97. The van der Waals surface area contributed by atoms with Crippen LogP contribution in [0.15, 0.2) is 18.2 Å². The zero-order chi connectivity index (χ0) is 13.8. The Hall–Kier alpha value is -1.34. The number of fused-ring (bicyclic) bond motifs is 1. The first-order valence-electron chi connectivity index (χ1n) is 5.67. The quantitative estimate of drug-likeness (QED) is 0.706. The standard InChI is InChI=1S/C8H9NO2.C3H9NO.CH5N/c9-4-6-1-2-7-8(3-6)11-5-10-7;1-5-3-2-4;1-2/h1-3H,4-5,9H2;2-4H2,1H3;2H2,1H3. The van der Waals surface area contributed by atoms with E-state index >= 15 is 0 Å². The monoisotopic (exact) mass is 257 g/mol. The van der Waals surface area contributed by atoms with Crippen LogP contribution in [0.3, 0.4) is 0 Å². The molecule has 18 heavy (non-hydrogen) atoms. The molecule has 0 unspecified atom stereocenters. The first kappa shape index (κ1) is 16.7.